The number of hydrogen-bond acceptors (Lipinski definition) is 4. The number of ether oxygens (including phenoxy) is 4. The topological polar surface area (TPSA) is 36.9 Å². The summed E-state index contributed by atoms with van der Waals surface area (Å²) >= 11 is 0. The van der Waals surface area contributed by atoms with Crippen LogP contribution in [-0.4, -0.2) is 24.4 Å². The Bertz CT molecular complexity index is 2330. The summed E-state index contributed by atoms with van der Waals surface area (Å²) in [7, 11) is 0. The smallest absolute Gasteiger partial charge is 0.130 e. The molecule has 10 rings (SSSR count). The minimum atomic E-state index is 0.139. The first-order chi connectivity index (χ1) is 33.2. The molecule has 0 radical (unpaired) electrons. The number of benzene rings is 6. The van der Waals surface area contributed by atoms with Gasteiger partial charge in [0, 0.05) is 22.3 Å². The average molecular weight is 893 g/mol. The van der Waals surface area contributed by atoms with Gasteiger partial charge in [0.1, 0.15) is 23.0 Å². The third-order valence-electron chi connectivity index (χ3n) is 15.3. The summed E-state index contributed by atoms with van der Waals surface area (Å²) in [5.74, 6) is 4.15. The molecule has 67 heavy (non-hydrogen) atoms. The van der Waals surface area contributed by atoms with Gasteiger partial charge in [-0.05, 0) is 161 Å². The number of para-hydroxylation sites is 4. The fourth-order valence-corrected chi connectivity index (χ4v) is 11.6. The third-order valence-corrected chi connectivity index (χ3v) is 15.3. The van der Waals surface area contributed by atoms with E-state index in [4.69, 9.17) is 18.9 Å². The van der Waals surface area contributed by atoms with Crippen LogP contribution in [-0.2, 0) is 12.8 Å². The lowest BCUT2D eigenvalue weighted by atomic mass is 9.84. The lowest BCUT2D eigenvalue weighted by molar-refractivity contribution is 0.151. The number of hydrogen-bond donors (Lipinski definition) is 0. The van der Waals surface area contributed by atoms with Crippen molar-refractivity contribution >= 4 is 0 Å². The Morgan fingerprint density at radius 3 is 1.10 bits per heavy atom. The molecule has 0 saturated heterocycles. The van der Waals surface area contributed by atoms with E-state index in [9.17, 15) is 0 Å². The van der Waals surface area contributed by atoms with Crippen molar-refractivity contribution in [1.82, 2.24) is 0 Å². The molecule has 0 bridgehead atoms. The van der Waals surface area contributed by atoms with Crippen LogP contribution in [0.5, 0.6) is 23.0 Å². The van der Waals surface area contributed by atoms with Gasteiger partial charge in [-0.1, -0.05) is 153 Å². The predicted octanol–water partition coefficient (Wildman–Crippen LogP) is 17.1. The van der Waals surface area contributed by atoms with Gasteiger partial charge < -0.3 is 18.9 Å². The van der Waals surface area contributed by atoms with E-state index in [1.165, 1.54) is 105 Å². The fraction of sp³-hybridized carbons (Fsp3) is 0.429. The molecule has 0 aliphatic heterocycles. The van der Waals surface area contributed by atoms with E-state index in [1.807, 2.05) is 0 Å². The van der Waals surface area contributed by atoms with Crippen LogP contribution in [0, 0.1) is 0 Å². The van der Waals surface area contributed by atoms with E-state index in [-0.39, 0.29) is 30.3 Å². The molecule has 6 aromatic carbocycles. The summed E-state index contributed by atoms with van der Waals surface area (Å²) in [6.45, 7) is 0. The normalized spacial score (nSPS) is 17.9. The fourth-order valence-electron chi connectivity index (χ4n) is 11.6. The maximum Gasteiger partial charge on any atom is 0.130 e. The van der Waals surface area contributed by atoms with E-state index in [0.29, 0.717) is 0 Å². The zero-order valence-electron chi connectivity index (χ0n) is 39.9. The molecule has 0 unspecified atom stereocenters. The molecule has 0 spiro atoms. The standard InChI is InChI=1S/C63H72O4/c1-6-22-46(23-7-1)47-40-42-48(43-41-47)51(44-49-24-20-36-58(62(49)66-54-30-12-4-13-31-54)56-34-16-18-38-60(56)64-52-26-8-2-9-27-52)45-50-25-21-37-59(63(50)67-55-32-14-5-15-33-55)57-35-17-19-39-61(57)65-53-28-10-3-11-29-53/h1,6-7,16-25,34-43,51-55H,2-5,8-15,26-33,44-45H2. The second-order valence-electron chi connectivity index (χ2n) is 20.2. The van der Waals surface area contributed by atoms with Gasteiger partial charge in [-0.2, -0.15) is 0 Å². The van der Waals surface area contributed by atoms with Crippen LogP contribution in [0.15, 0.2) is 140 Å². The van der Waals surface area contributed by atoms with Gasteiger partial charge in [-0.15, -0.1) is 0 Å². The summed E-state index contributed by atoms with van der Waals surface area (Å²) in [5.41, 5.74) is 10.9. The molecule has 0 N–H and O–H groups in total. The molecule has 4 aliphatic carbocycles. The summed E-state index contributed by atoms with van der Waals surface area (Å²) in [4.78, 5) is 0. The van der Waals surface area contributed by atoms with Crippen molar-refractivity contribution in [3.63, 3.8) is 0 Å². The maximum absolute atomic E-state index is 7.36. The van der Waals surface area contributed by atoms with Crippen molar-refractivity contribution in [2.75, 3.05) is 0 Å². The van der Waals surface area contributed by atoms with Crippen molar-refractivity contribution in [3.8, 4) is 56.4 Å². The Labute approximate surface area is 401 Å². The summed E-state index contributed by atoms with van der Waals surface area (Å²) < 4.78 is 28.5. The second kappa shape index (κ2) is 22.5. The monoisotopic (exact) mass is 893 g/mol. The Balaban J connectivity index is 1.06. The minimum Gasteiger partial charge on any atom is -0.490 e. The van der Waals surface area contributed by atoms with Gasteiger partial charge in [0.2, 0.25) is 0 Å². The molecule has 4 nitrogen and oxygen atoms in total. The molecule has 6 aromatic rings. The highest BCUT2D eigenvalue weighted by Gasteiger charge is 2.28. The van der Waals surface area contributed by atoms with Crippen LogP contribution in [0.25, 0.3) is 33.4 Å². The SMILES string of the molecule is c1ccc(-c2ccc(C(Cc3cccc(-c4ccccc4OC4CCCCC4)c3OC3CCCCC3)Cc3cccc(-c4ccccc4OC4CCCCC4)c3OC3CCCCC3)cc2)cc1. The van der Waals surface area contributed by atoms with Gasteiger partial charge in [0.15, 0.2) is 0 Å². The molecule has 4 saturated carbocycles. The van der Waals surface area contributed by atoms with Crippen LogP contribution in [0.1, 0.15) is 151 Å². The molecular weight excluding hydrogens is 821 g/mol. The lowest BCUT2D eigenvalue weighted by Gasteiger charge is -2.30. The Morgan fingerprint density at radius 1 is 0.313 bits per heavy atom. The van der Waals surface area contributed by atoms with Gasteiger partial charge in [-0.3, -0.25) is 0 Å². The zero-order chi connectivity index (χ0) is 45.0. The molecule has 4 fully saturated rings. The first-order valence-corrected chi connectivity index (χ1v) is 26.5. The van der Waals surface area contributed by atoms with Crippen molar-refractivity contribution in [2.45, 2.75) is 172 Å². The molecule has 0 amide bonds. The van der Waals surface area contributed by atoms with E-state index >= 15 is 0 Å². The molecule has 0 heterocycles. The molecule has 4 aliphatic rings. The highest BCUT2D eigenvalue weighted by molar-refractivity contribution is 5.79. The van der Waals surface area contributed by atoms with Gasteiger partial charge in [-0.25, -0.2) is 0 Å². The van der Waals surface area contributed by atoms with Crippen LogP contribution < -0.4 is 18.9 Å². The van der Waals surface area contributed by atoms with Crippen molar-refractivity contribution in [1.29, 1.82) is 0 Å². The zero-order valence-corrected chi connectivity index (χ0v) is 39.9. The largest absolute Gasteiger partial charge is 0.490 e. The van der Waals surface area contributed by atoms with E-state index in [0.717, 1.165) is 109 Å². The maximum atomic E-state index is 7.36. The van der Waals surface area contributed by atoms with Gasteiger partial charge in [0.25, 0.3) is 0 Å². The van der Waals surface area contributed by atoms with Crippen LogP contribution in [0.2, 0.25) is 0 Å². The summed E-state index contributed by atoms with van der Waals surface area (Å²) in [6, 6.07) is 51.4. The second-order valence-corrected chi connectivity index (χ2v) is 20.2. The van der Waals surface area contributed by atoms with Gasteiger partial charge in [0.05, 0.1) is 24.4 Å². The Hall–Kier alpha value is -5.48. The third kappa shape index (κ3) is 11.5. The first-order valence-electron chi connectivity index (χ1n) is 26.5. The quantitative estimate of drug-likeness (QED) is 0.0970. The summed E-state index contributed by atoms with van der Waals surface area (Å²) in [6.07, 6.45) is 26.4. The Kier molecular flexibility index (Phi) is 15.2. The van der Waals surface area contributed by atoms with Crippen LogP contribution in [0.4, 0.5) is 0 Å². The predicted molar refractivity (Wildman–Crippen MR) is 276 cm³/mol. The minimum absolute atomic E-state index is 0.139. The lowest BCUT2D eigenvalue weighted by Crippen LogP contribution is -2.22. The van der Waals surface area contributed by atoms with Crippen molar-refractivity contribution < 1.29 is 18.9 Å². The Morgan fingerprint density at radius 2 is 0.672 bits per heavy atom. The molecule has 348 valence electrons. The first kappa shape index (κ1) is 45.3. The summed E-state index contributed by atoms with van der Waals surface area (Å²) in [5, 5.41) is 0. The molecule has 0 aromatic heterocycles. The molecule has 0 atom stereocenters. The van der Waals surface area contributed by atoms with Crippen LogP contribution >= 0.6 is 0 Å². The van der Waals surface area contributed by atoms with Gasteiger partial charge >= 0.3 is 0 Å². The molecule has 4 heteroatoms. The van der Waals surface area contributed by atoms with E-state index in [2.05, 4.69) is 140 Å². The highest BCUT2D eigenvalue weighted by Crippen LogP contribution is 2.46. The van der Waals surface area contributed by atoms with E-state index < -0.39 is 0 Å². The molecular formula is C63H72O4. The van der Waals surface area contributed by atoms with Crippen molar-refractivity contribution in [2.24, 2.45) is 0 Å². The average Bonchev–Trinajstić information content (AvgIpc) is 3.39. The highest BCUT2D eigenvalue weighted by atomic mass is 16.5. The van der Waals surface area contributed by atoms with E-state index in [1.54, 1.807) is 0 Å². The number of rotatable bonds is 16. The van der Waals surface area contributed by atoms with Crippen LogP contribution in [0.3, 0.4) is 0 Å². The van der Waals surface area contributed by atoms with Crippen molar-refractivity contribution in [3.05, 3.63) is 156 Å².